The molecule has 0 radical (unpaired) electrons. The van der Waals surface area contributed by atoms with Gasteiger partial charge in [0.15, 0.2) is 0 Å². The molecule has 0 fully saturated rings. The third-order valence-electron chi connectivity index (χ3n) is 9.72. The summed E-state index contributed by atoms with van der Waals surface area (Å²) < 4.78 is 0. The van der Waals surface area contributed by atoms with Crippen molar-refractivity contribution in [2.75, 3.05) is 0 Å². The molecule has 0 saturated heterocycles. The molecule has 0 atom stereocenters. The fraction of sp³-hybridized carbons (Fsp3) is 0. The topological polar surface area (TPSA) is 64.5 Å². The molecule has 0 saturated carbocycles. The van der Waals surface area contributed by atoms with Crippen LogP contribution in [0.4, 0.5) is 0 Å². The van der Waals surface area contributed by atoms with Gasteiger partial charge in [-0.3, -0.25) is 15.0 Å². The van der Waals surface area contributed by atoms with Gasteiger partial charge in [-0.15, -0.1) is 0 Å². The average Bonchev–Trinajstić information content (AvgIpc) is 3.22. The van der Waals surface area contributed by atoms with E-state index in [0.717, 1.165) is 99.6 Å². The number of benzene rings is 5. The second-order valence-corrected chi connectivity index (χ2v) is 13.1. The van der Waals surface area contributed by atoms with Gasteiger partial charge in [0.1, 0.15) is 0 Å². The lowest BCUT2D eigenvalue weighted by Crippen LogP contribution is -1.91. The zero-order valence-electron chi connectivity index (χ0n) is 28.0. The van der Waals surface area contributed by atoms with E-state index < -0.39 is 0 Å². The Morgan fingerprint density at radius 1 is 0.269 bits per heavy atom. The van der Waals surface area contributed by atoms with Crippen molar-refractivity contribution >= 4 is 43.6 Å². The summed E-state index contributed by atoms with van der Waals surface area (Å²) in [6, 6.07) is 54.8. The van der Waals surface area contributed by atoms with Crippen LogP contribution >= 0.6 is 0 Å². The number of rotatable bonds is 5. The molecule has 52 heavy (non-hydrogen) atoms. The number of pyridine rings is 5. The summed E-state index contributed by atoms with van der Waals surface area (Å²) in [5.41, 5.74) is 14.1. The minimum absolute atomic E-state index is 0.869. The average molecular weight is 664 g/mol. The molecule has 0 spiro atoms. The first-order valence-electron chi connectivity index (χ1n) is 17.3. The van der Waals surface area contributed by atoms with Gasteiger partial charge in [0.2, 0.25) is 0 Å². The minimum atomic E-state index is 0.869. The summed E-state index contributed by atoms with van der Waals surface area (Å²) in [6.45, 7) is 0. The highest BCUT2D eigenvalue weighted by Gasteiger charge is 2.12. The summed E-state index contributed by atoms with van der Waals surface area (Å²) >= 11 is 0. The Labute approximate surface area is 300 Å². The third kappa shape index (κ3) is 5.51. The first-order chi connectivity index (χ1) is 25.7. The summed E-state index contributed by atoms with van der Waals surface area (Å²) in [4.78, 5) is 24.1. The van der Waals surface area contributed by atoms with Gasteiger partial charge in [-0.2, -0.15) is 0 Å². The molecule has 0 amide bonds. The monoisotopic (exact) mass is 663 g/mol. The van der Waals surface area contributed by atoms with Crippen LogP contribution in [0.1, 0.15) is 0 Å². The standard InChI is InChI=1S/C47H29N5/c1-3-9-41-32(7-1)23-39(28-49-41)36-25-37(40-24-33-8-2-4-10-42(33)50-29-40)27-38(26-36)45-18-14-34-21-30(12-16-43(34)51-45)31-13-17-44-35(22-31)15-19-47(52-44)46-11-5-6-20-48-46/h1-29H. The Hall–Kier alpha value is -7.11. The van der Waals surface area contributed by atoms with Crippen LogP contribution in [0, 0.1) is 0 Å². The molecule has 0 N–H and O–H groups in total. The van der Waals surface area contributed by atoms with E-state index in [0.29, 0.717) is 0 Å². The Kier molecular flexibility index (Phi) is 7.07. The second-order valence-electron chi connectivity index (χ2n) is 13.1. The summed E-state index contributed by atoms with van der Waals surface area (Å²) in [7, 11) is 0. The molecule has 242 valence electrons. The molecule has 10 rings (SSSR count). The van der Waals surface area contributed by atoms with Crippen molar-refractivity contribution in [1.29, 1.82) is 0 Å². The molecule has 5 aromatic carbocycles. The van der Waals surface area contributed by atoms with Gasteiger partial charge in [0.25, 0.3) is 0 Å². The van der Waals surface area contributed by atoms with Crippen molar-refractivity contribution in [2.45, 2.75) is 0 Å². The maximum Gasteiger partial charge on any atom is 0.0893 e. The first-order valence-corrected chi connectivity index (χ1v) is 17.3. The Morgan fingerprint density at radius 2 is 0.769 bits per heavy atom. The van der Waals surface area contributed by atoms with Gasteiger partial charge in [0.05, 0.1) is 39.1 Å². The van der Waals surface area contributed by atoms with Gasteiger partial charge in [-0.25, -0.2) is 9.97 Å². The molecule has 0 bridgehead atoms. The maximum absolute atomic E-state index is 5.19. The molecule has 10 aromatic rings. The van der Waals surface area contributed by atoms with E-state index in [1.54, 1.807) is 6.20 Å². The fourth-order valence-corrected chi connectivity index (χ4v) is 6.99. The predicted molar refractivity (Wildman–Crippen MR) is 213 cm³/mol. The fourth-order valence-electron chi connectivity index (χ4n) is 6.99. The van der Waals surface area contributed by atoms with E-state index in [-0.39, 0.29) is 0 Å². The van der Waals surface area contributed by atoms with Crippen LogP contribution in [0.2, 0.25) is 0 Å². The summed E-state index contributed by atoms with van der Waals surface area (Å²) in [5, 5.41) is 4.38. The van der Waals surface area contributed by atoms with E-state index in [2.05, 4.69) is 114 Å². The zero-order chi connectivity index (χ0) is 34.4. The van der Waals surface area contributed by atoms with E-state index in [1.807, 2.05) is 60.9 Å². The Balaban J connectivity index is 1.03. The molecule has 0 aliphatic heterocycles. The van der Waals surface area contributed by atoms with E-state index in [1.165, 1.54) is 0 Å². The van der Waals surface area contributed by atoms with E-state index in [9.17, 15) is 0 Å². The summed E-state index contributed by atoms with van der Waals surface area (Å²) in [6.07, 6.45) is 5.72. The van der Waals surface area contributed by atoms with Crippen molar-refractivity contribution in [1.82, 2.24) is 24.9 Å². The molecular formula is C47H29N5. The van der Waals surface area contributed by atoms with Crippen LogP contribution in [0.3, 0.4) is 0 Å². The Morgan fingerprint density at radius 3 is 1.37 bits per heavy atom. The lowest BCUT2D eigenvalue weighted by molar-refractivity contribution is 1.28. The lowest BCUT2D eigenvalue weighted by atomic mass is 9.94. The molecule has 0 aliphatic rings. The molecule has 0 unspecified atom stereocenters. The number of nitrogens with zero attached hydrogens (tertiary/aromatic N) is 5. The van der Waals surface area contributed by atoms with Crippen molar-refractivity contribution in [3.8, 4) is 56.0 Å². The van der Waals surface area contributed by atoms with Crippen LogP contribution in [0.5, 0.6) is 0 Å². The molecule has 5 heterocycles. The van der Waals surface area contributed by atoms with Gasteiger partial charge in [-0.1, -0.05) is 66.7 Å². The predicted octanol–water partition coefficient (Wildman–Crippen LogP) is 11.6. The van der Waals surface area contributed by atoms with Crippen molar-refractivity contribution in [3.63, 3.8) is 0 Å². The molecule has 0 aliphatic carbocycles. The molecule has 5 nitrogen and oxygen atoms in total. The van der Waals surface area contributed by atoms with Crippen LogP contribution in [0.15, 0.2) is 176 Å². The number of hydrogen-bond donors (Lipinski definition) is 0. The summed E-state index contributed by atoms with van der Waals surface area (Å²) in [5.74, 6) is 0. The quantitative estimate of drug-likeness (QED) is 0.183. The van der Waals surface area contributed by atoms with Crippen LogP contribution in [-0.2, 0) is 0 Å². The van der Waals surface area contributed by atoms with E-state index >= 15 is 0 Å². The maximum atomic E-state index is 5.19. The highest BCUT2D eigenvalue weighted by atomic mass is 14.8. The molecular weight excluding hydrogens is 635 g/mol. The largest absolute Gasteiger partial charge is 0.256 e. The zero-order valence-corrected chi connectivity index (χ0v) is 28.0. The number of fused-ring (bicyclic) bond motifs is 4. The highest BCUT2D eigenvalue weighted by molar-refractivity contribution is 5.92. The first kappa shape index (κ1) is 29.8. The SMILES string of the molecule is c1ccc(-c2ccc3cc(-c4ccc5nc(-c6cc(-c7cnc8ccccc8c7)cc(-c7cnc8ccccc8c7)c6)ccc5c4)ccc3n2)nc1. The lowest BCUT2D eigenvalue weighted by Gasteiger charge is -2.12. The van der Waals surface area contributed by atoms with Crippen molar-refractivity contribution in [2.24, 2.45) is 0 Å². The van der Waals surface area contributed by atoms with Gasteiger partial charge in [0, 0.05) is 56.8 Å². The van der Waals surface area contributed by atoms with Crippen LogP contribution in [-0.4, -0.2) is 24.9 Å². The minimum Gasteiger partial charge on any atom is -0.256 e. The van der Waals surface area contributed by atoms with Crippen LogP contribution in [0.25, 0.3) is 99.6 Å². The normalized spacial score (nSPS) is 11.5. The van der Waals surface area contributed by atoms with Gasteiger partial charge < -0.3 is 0 Å². The van der Waals surface area contributed by atoms with Crippen molar-refractivity contribution in [3.05, 3.63) is 176 Å². The highest BCUT2D eigenvalue weighted by Crippen LogP contribution is 2.35. The smallest absolute Gasteiger partial charge is 0.0893 e. The van der Waals surface area contributed by atoms with Gasteiger partial charge >= 0.3 is 0 Å². The number of para-hydroxylation sites is 2. The molecule has 5 aromatic heterocycles. The second kappa shape index (κ2) is 12.3. The Bertz CT molecular complexity index is 2880. The molecule has 5 heteroatoms. The number of aromatic nitrogens is 5. The van der Waals surface area contributed by atoms with E-state index in [4.69, 9.17) is 19.9 Å². The number of hydrogen-bond acceptors (Lipinski definition) is 5. The van der Waals surface area contributed by atoms with Crippen molar-refractivity contribution < 1.29 is 0 Å². The third-order valence-corrected chi connectivity index (χ3v) is 9.72. The van der Waals surface area contributed by atoms with Gasteiger partial charge in [-0.05, 0) is 113 Å². The van der Waals surface area contributed by atoms with Crippen LogP contribution < -0.4 is 0 Å².